The van der Waals surface area contributed by atoms with Gasteiger partial charge in [-0.2, -0.15) is 0 Å². The second-order valence-electron chi connectivity index (χ2n) is 6.95. The molecule has 2 unspecified atom stereocenters. The van der Waals surface area contributed by atoms with Gasteiger partial charge in [-0.15, -0.1) is 0 Å². The number of fused-ring (bicyclic) bond motifs is 2. The van der Waals surface area contributed by atoms with Crippen molar-refractivity contribution in [3.8, 4) is 0 Å². The van der Waals surface area contributed by atoms with Crippen LogP contribution in [-0.4, -0.2) is 12.1 Å². The van der Waals surface area contributed by atoms with Gasteiger partial charge < -0.3 is 5.32 Å². The minimum absolute atomic E-state index is 0.239. The fourth-order valence-corrected chi connectivity index (χ4v) is 4.04. The molecule has 2 atom stereocenters. The van der Waals surface area contributed by atoms with E-state index in [0.717, 1.165) is 12.5 Å². The normalized spacial score (nSPS) is 29.7. The van der Waals surface area contributed by atoms with E-state index in [-0.39, 0.29) is 5.54 Å². The summed E-state index contributed by atoms with van der Waals surface area (Å²) in [7, 11) is 0. The van der Waals surface area contributed by atoms with Crippen LogP contribution in [0.25, 0.3) is 0 Å². The molecule has 3 rings (SSSR count). The number of hydrogen-bond acceptors (Lipinski definition) is 1. The Kier molecular flexibility index (Phi) is 2.87. The second-order valence-corrected chi connectivity index (χ2v) is 7.81. The molecule has 0 saturated heterocycles. The Bertz CT molecular complexity index is 474. The summed E-state index contributed by atoms with van der Waals surface area (Å²) >= 11 is 3.70. The molecule has 1 spiro atoms. The molecule has 1 fully saturated rings. The number of rotatable bonds is 2. The zero-order valence-electron chi connectivity index (χ0n) is 11.5. The smallest absolute Gasteiger partial charge is 0.0210 e. The van der Waals surface area contributed by atoms with Gasteiger partial charge >= 0.3 is 0 Å². The van der Waals surface area contributed by atoms with Gasteiger partial charge in [0.1, 0.15) is 0 Å². The summed E-state index contributed by atoms with van der Waals surface area (Å²) < 4.78 is 1.31. The minimum Gasteiger partial charge on any atom is -0.312 e. The molecule has 2 heteroatoms. The first-order valence-corrected chi connectivity index (χ1v) is 7.75. The summed E-state index contributed by atoms with van der Waals surface area (Å²) in [6.07, 6.45) is 3.98. The predicted octanol–water partition coefficient (Wildman–Crippen LogP) is 4.04. The minimum atomic E-state index is 0.239. The van der Waals surface area contributed by atoms with Crippen molar-refractivity contribution in [3.63, 3.8) is 0 Å². The van der Waals surface area contributed by atoms with E-state index in [1.165, 1.54) is 23.7 Å². The van der Waals surface area contributed by atoms with Gasteiger partial charge in [0, 0.05) is 15.4 Å². The highest BCUT2D eigenvalue weighted by Gasteiger charge is 2.57. The summed E-state index contributed by atoms with van der Waals surface area (Å²) in [4.78, 5) is 0. The Hall–Kier alpha value is -0.340. The molecule has 0 radical (unpaired) electrons. The van der Waals surface area contributed by atoms with Gasteiger partial charge in [0.2, 0.25) is 0 Å². The van der Waals surface area contributed by atoms with Crippen molar-refractivity contribution in [2.45, 2.75) is 51.0 Å². The summed E-state index contributed by atoms with van der Waals surface area (Å²) in [5.41, 5.74) is 3.94. The van der Waals surface area contributed by atoms with E-state index in [4.69, 9.17) is 0 Å². The van der Waals surface area contributed by atoms with E-state index in [0.29, 0.717) is 5.41 Å². The van der Waals surface area contributed by atoms with E-state index >= 15 is 0 Å². The highest BCUT2D eigenvalue weighted by molar-refractivity contribution is 9.10. The van der Waals surface area contributed by atoms with E-state index in [9.17, 15) is 0 Å². The lowest BCUT2D eigenvalue weighted by molar-refractivity contribution is 0.402. The summed E-state index contributed by atoms with van der Waals surface area (Å²) in [6.45, 7) is 7.92. The maximum atomic E-state index is 3.70. The summed E-state index contributed by atoms with van der Waals surface area (Å²) in [5, 5.41) is 3.67. The highest BCUT2D eigenvalue weighted by Crippen LogP contribution is 2.61. The third kappa shape index (κ3) is 2.04. The molecule has 0 bridgehead atoms. The van der Waals surface area contributed by atoms with Gasteiger partial charge in [-0.3, -0.25) is 0 Å². The van der Waals surface area contributed by atoms with Gasteiger partial charge in [0.25, 0.3) is 0 Å². The molecule has 2 aliphatic rings. The number of nitrogens with one attached hydrogen (secondary N) is 1. The molecule has 0 amide bonds. The molecule has 0 heterocycles. The molecule has 1 nitrogen and oxygen atoms in total. The number of halogens is 1. The van der Waals surface area contributed by atoms with Crippen LogP contribution < -0.4 is 5.32 Å². The highest BCUT2D eigenvalue weighted by atomic mass is 79.9. The van der Waals surface area contributed by atoms with E-state index in [2.05, 4.69) is 60.2 Å². The van der Waals surface area contributed by atoms with Crippen LogP contribution in [0.1, 0.15) is 44.7 Å². The maximum absolute atomic E-state index is 3.70. The fourth-order valence-electron chi connectivity index (χ4n) is 3.48. The molecule has 98 valence electrons. The average molecular weight is 308 g/mol. The van der Waals surface area contributed by atoms with Crippen LogP contribution in [0.5, 0.6) is 0 Å². The average Bonchev–Trinajstić information content (AvgIpc) is 2.85. The van der Waals surface area contributed by atoms with E-state index < -0.39 is 0 Å². The Labute approximate surface area is 118 Å². The van der Waals surface area contributed by atoms with Crippen molar-refractivity contribution < 1.29 is 0 Å². The summed E-state index contributed by atoms with van der Waals surface area (Å²) in [5.74, 6) is 0.840. The molecule has 0 aromatic heterocycles. The number of hydrogen-bond donors (Lipinski definition) is 1. The van der Waals surface area contributed by atoms with Crippen molar-refractivity contribution in [1.29, 1.82) is 0 Å². The van der Waals surface area contributed by atoms with Gasteiger partial charge in [-0.1, -0.05) is 28.1 Å². The zero-order valence-corrected chi connectivity index (χ0v) is 13.1. The molecule has 0 aliphatic heterocycles. The Balaban J connectivity index is 1.76. The SMILES string of the molecule is CC(C)(C)NCC1CC12CCc1c(Br)cccc12. The lowest BCUT2D eigenvalue weighted by atomic mass is 9.95. The van der Waals surface area contributed by atoms with Crippen molar-refractivity contribution in [1.82, 2.24) is 5.32 Å². The van der Waals surface area contributed by atoms with Crippen LogP contribution in [0, 0.1) is 5.92 Å². The molecular formula is C16H22BrN. The van der Waals surface area contributed by atoms with Crippen molar-refractivity contribution in [2.24, 2.45) is 5.92 Å². The summed E-state index contributed by atoms with van der Waals surface area (Å²) in [6, 6.07) is 6.73. The molecular weight excluding hydrogens is 286 g/mol. The molecule has 1 aromatic rings. The molecule has 2 aliphatic carbocycles. The number of benzene rings is 1. The van der Waals surface area contributed by atoms with Gasteiger partial charge in [0.05, 0.1) is 0 Å². The molecule has 18 heavy (non-hydrogen) atoms. The fraction of sp³-hybridized carbons (Fsp3) is 0.625. The van der Waals surface area contributed by atoms with Crippen LogP contribution in [0.3, 0.4) is 0 Å². The Morgan fingerprint density at radius 2 is 2.17 bits per heavy atom. The molecule has 1 saturated carbocycles. The first-order chi connectivity index (χ1) is 8.42. The van der Waals surface area contributed by atoms with Crippen LogP contribution in [0.15, 0.2) is 22.7 Å². The second kappa shape index (κ2) is 4.08. The Morgan fingerprint density at radius 1 is 1.39 bits per heavy atom. The Morgan fingerprint density at radius 3 is 2.89 bits per heavy atom. The van der Waals surface area contributed by atoms with Crippen LogP contribution in [-0.2, 0) is 11.8 Å². The van der Waals surface area contributed by atoms with Crippen LogP contribution >= 0.6 is 15.9 Å². The van der Waals surface area contributed by atoms with Gasteiger partial charge in [-0.25, -0.2) is 0 Å². The third-order valence-corrected chi connectivity index (χ3v) is 5.33. The first kappa shape index (κ1) is 12.7. The lowest BCUT2D eigenvalue weighted by Crippen LogP contribution is -2.38. The van der Waals surface area contributed by atoms with E-state index in [1.54, 1.807) is 11.1 Å². The van der Waals surface area contributed by atoms with Gasteiger partial charge in [0.15, 0.2) is 0 Å². The zero-order chi connectivity index (χ0) is 13.0. The van der Waals surface area contributed by atoms with Crippen LogP contribution in [0.4, 0.5) is 0 Å². The van der Waals surface area contributed by atoms with Gasteiger partial charge in [-0.05, 0) is 69.7 Å². The van der Waals surface area contributed by atoms with Crippen molar-refractivity contribution in [3.05, 3.63) is 33.8 Å². The van der Waals surface area contributed by atoms with Crippen molar-refractivity contribution >= 4 is 15.9 Å². The standard InChI is InChI=1S/C16H22BrN/c1-15(2,3)18-10-11-9-16(11)8-7-12-13(16)5-4-6-14(12)17/h4-6,11,18H,7-10H2,1-3H3. The van der Waals surface area contributed by atoms with Crippen LogP contribution in [0.2, 0.25) is 0 Å². The largest absolute Gasteiger partial charge is 0.312 e. The quantitative estimate of drug-likeness (QED) is 0.869. The monoisotopic (exact) mass is 307 g/mol. The molecule has 1 aromatic carbocycles. The topological polar surface area (TPSA) is 12.0 Å². The molecule has 1 N–H and O–H groups in total. The first-order valence-electron chi connectivity index (χ1n) is 6.95. The van der Waals surface area contributed by atoms with E-state index in [1.807, 2.05) is 0 Å². The lowest BCUT2D eigenvalue weighted by Gasteiger charge is -2.21. The predicted molar refractivity (Wildman–Crippen MR) is 80.0 cm³/mol. The maximum Gasteiger partial charge on any atom is 0.0210 e. The third-order valence-electron chi connectivity index (χ3n) is 4.59. The van der Waals surface area contributed by atoms with Crippen molar-refractivity contribution in [2.75, 3.05) is 6.54 Å².